The van der Waals surface area contributed by atoms with Crippen molar-refractivity contribution in [3.8, 4) is 5.75 Å². The number of aryl methyl sites for hydroxylation is 1. The van der Waals surface area contributed by atoms with Crippen LogP contribution in [-0.4, -0.2) is 23.6 Å². The van der Waals surface area contributed by atoms with Gasteiger partial charge in [-0.3, -0.25) is 4.79 Å². The zero-order chi connectivity index (χ0) is 17.7. The smallest absolute Gasteiger partial charge is 0.338 e. The van der Waals surface area contributed by atoms with Gasteiger partial charge in [0, 0.05) is 5.02 Å². The lowest BCUT2D eigenvalue weighted by Crippen LogP contribution is -2.31. The molecule has 0 aliphatic carbocycles. The van der Waals surface area contributed by atoms with Gasteiger partial charge in [0.2, 0.25) is 0 Å². The molecule has 0 radical (unpaired) electrons. The van der Waals surface area contributed by atoms with Gasteiger partial charge in [0.25, 0.3) is 5.91 Å². The highest BCUT2D eigenvalue weighted by Crippen LogP contribution is 2.18. The van der Waals surface area contributed by atoms with Gasteiger partial charge in [-0.05, 0) is 49.2 Å². The number of nitrogens with one attached hydrogen (secondary N) is 1. The van der Waals surface area contributed by atoms with Gasteiger partial charge in [-0.25, -0.2) is 4.79 Å². The number of amides is 1. The van der Waals surface area contributed by atoms with Crippen LogP contribution in [0, 0.1) is 6.92 Å². The van der Waals surface area contributed by atoms with E-state index in [-0.39, 0.29) is 17.4 Å². The molecule has 126 valence electrons. The number of carbonyl (C=O) groups excluding carboxylic acids is 2. The summed E-state index contributed by atoms with van der Waals surface area (Å²) in [4.78, 5) is 23.8. The summed E-state index contributed by atoms with van der Waals surface area (Å²) in [7, 11) is 0. The quantitative estimate of drug-likeness (QED) is 0.813. The first kappa shape index (κ1) is 17.8. The van der Waals surface area contributed by atoms with Gasteiger partial charge in [-0.2, -0.15) is 0 Å². The number of phenols is 1. The first-order valence-corrected chi connectivity index (χ1v) is 7.76. The summed E-state index contributed by atoms with van der Waals surface area (Å²) in [5.74, 6) is -1.09. The fourth-order valence-electron chi connectivity index (χ4n) is 2.09. The van der Waals surface area contributed by atoms with Crippen molar-refractivity contribution >= 4 is 23.5 Å². The topological polar surface area (TPSA) is 75.6 Å². The molecule has 0 fully saturated rings. The van der Waals surface area contributed by atoms with Crippen molar-refractivity contribution in [1.29, 1.82) is 0 Å². The van der Waals surface area contributed by atoms with Crippen LogP contribution in [0.1, 0.15) is 34.5 Å². The Morgan fingerprint density at radius 2 is 2.00 bits per heavy atom. The lowest BCUT2D eigenvalue weighted by molar-refractivity contribution is -0.124. The molecule has 0 aromatic heterocycles. The van der Waals surface area contributed by atoms with Crippen LogP contribution in [0.3, 0.4) is 0 Å². The van der Waals surface area contributed by atoms with Gasteiger partial charge in [-0.1, -0.05) is 29.8 Å². The first-order chi connectivity index (χ1) is 11.4. The summed E-state index contributed by atoms with van der Waals surface area (Å²) >= 11 is 5.92. The van der Waals surface area contributed by atoms with Crippen molar-refractivity contribution in [2.24, 2.45) is 0 Å². The maximum Gasteiger partial charge on any atom is 0.338 e. The van der Waals surface area contributed by atoms with E-state index >= 15 is 0 Å². The number of benzene rings is 2. The Bertz CT molecular complexity index is 760. The summed E-state index contributed by atoms with van der Waals surface area (Å²) in [5.41, 5.74) is 1.69. The number of esters is 1. The second-order valence-corrected chi connectivity index (χ2v) is 5.86. The standard InChI is InChI=1S/C18H18ClNO4/c1-11-6-7-14(9-16(11)21)18(23)24-10-17(22)20-12(2)13-4-3-5-15(19)8-13/h3-9,12,21H,10H2,1-2H3,(H,20,22). The largest absolute Gasteiger partial charge is 0.508 e. The molecule has 5 nitrogen and oxygen atoms in total. The zero-order valence-electron chi connectivity index (χ0n) is 13.4. The Hall–Kier alpha value is -2.53. The molecule has 2 aromatic rings. The second kappa shape index (κ2) is 7.84. The monoisotopic (exact) mass is 347 g/mol. The van der Waals surface area contributed by atoms with Crippen LogP contribution >= 0.6 is 11.6 Å². The van der Waals surface area contributed by atoms with E-state index in [1.807, 2.05) is 13.0 Å². The van der Waals surface area contributed by atoms with Crippen molar-refractivity contribution in [3.63, 3.8) is 0 Å². The lowest BCUT2D eigenvalue weighted by Gasteiger charge is -2.14. The molecular weight excluding hydrogens is 330 g/mol. The SMILES string of the molecule is Cc1ccc(C(=O)OCC(=O)NC(C)c2cccc(Cl)c2)cc1O. The molecule has 0 spiro atoms. The number of phenolic OH excluding ortho intramolecular Hbond substituents is 1. The van der Waals surface area contributed by atoms with Crippen LogP contribution < -0.4 is 5.32 Å². The first-order valence-electron chi connectivity index (χ1n) is 7.38. The maximum absolute atomic E-state index is 11.9. The van der Waals surface area contributed by atoms with E-state index in [1.54, 1.807) is 31.2 Å². The number of ether oxygens (including phenoxy) is 1. The number of hydrogen-bond acceptors (Lipinski definition) is 4. The summed E-state index contributed by atoms with van der Waals surface area (Å²) in [6.45, 7) is 3.12. The molecule has 1 unspecified atom stereocenters. The van der Waals surface area contributed by atoms with Crippen LogP contribution in [-0.2, 0) is 9.53 Å². The highest BCUT2D eigenvalue weighted by atomic mass is 35.5. The third kappa shape index (κ3) is 4.73. The van der Waals surface area contributed by atoms with Crippen LogP contribution in [0.2, 0.25) is 5.02 Å². The van der Waals surface area contributed by atoms with E-state index in [0.717, 1.165) is 5.56 Å². The molecule has 1 atom stereocenters. The third-order valence-corrected chi connectivity index (χ3v) is 3.74. The number of hydrogen-bond donors (Lipinski definition) is 2. The summed E-state index contributed by atoms with van der Waals surface area (Å²) in [6, 6.07) is 11.3. The van der Waals surface area contributed by atoms with Crippen molar-refractivity contribution in [3.05, 3.63) is 64.2 Å². The van der Waals surface area contributed by atoms with Crippen molar-refractivity contribution in [2.45, 2.75) is 19.9 Å². The minimum absolute atomic E-state index is 0.00322. The number of carbonyl (C=O) groups is 2. The third-order valence-electron chi connectivity index (χ3n) is 3.51. The predicted molar refractivity (Wildman–Crippen MR) is 91.1 cm³/mol. The summed E-state index contributed by atoms with van der Waals surface area (Å²) < 4.78 is 4.96. The lowest BCUT2D eigenvalue weighted by atomic mass is 10.1. The molecule has 24 heavy (non-hydrogen) atoms. The van der Waals surface area contributed by atoms with Crippen LogP contribution in [0.5, 0.6) is 5.75 Å². The van der Waals surface area contributed by atoms with Gasteiger partial charge in [-0.15, -0.1) is 0 Å². The average Bonchev–Trinajstić information content (AvgIpc) is 2.55. The van der Waals surface area contributed by atoms with Gasteiger partial charge in [0.1, 0.15) is 5.75 Å². The van der Waals surface area contributed by atoms with E-state index in [9.17, 15) is 14.7 Å². The molecule has 0 aliphatic heterocycles. The molecule has 0 bridgehead atoms. The Morgan fingerprint density at radius 3 is 2.67 bits per heavy atom. The molecule has 1 amide bonds. The highest BCUT2D eigenvalue weighted by Gasteiger charge is 2.14. The number of rotatable bonds is 5. The number of aromatic hydroxyl groups is 1. The molecule has 2 N–H and O–H groups in total. The highest BCUT2D eigenvalue weighted by molar-refractivity contribution is 6.30. The second-order valence-electron chi connectivity index (χ2n) is 5.42. The Balaban J connectivity index is 1.88. The Kier molecular flexibility index (Phi) is 5.82. The van der Waals surface area contributed by atoms with Gasteiger partial charge in [0.15, 0.2) is 6.61 Å². The van der Waals surface area contributed by atoms with Gasteiger partial charge >= 0.3 is 5.97 Å². The molecular formula is C18H18ClNO4. The molecule has 2 rings (SSSR count). The molecule has 6 heteroatoms. The average molecular weight is 348 g/mol. The van der Waals surface area contributed by atoms with Crippen LogP contribution in [0.25, 0.3) is 0 Å². The summed E-state index contributed by atoms with van der Waals surface area (Å²) in [5, 5.41) is 12.9. The minimum Gasteiger partial charge on any atom is -0.508 e. The molecule has 0 heterocycles. The van der Waals surface area contributed by atoms with E-state index < -0.39 is 18.5 Å². The molecule has 0 saturated carbocycles. The fraction of sp³-hybridized carbons (Fsp3) is 0.222. The van der Waals surface area contributed by atoms with E-state index in [4.69, 9.17) is 16.3 Å². The minimum atomic E-state index is -0.671. The molecule has 0 aliphatic rings. The normalized spacial score (nSPS) is 11.6. The number of halogens is 1. The molecule has 2 aromatic carbocycles. The Labute approximate surface area is 145 Å². The Morgan fingerprint density at radius 1 is 1.25 bits per heavy atom. The van der Waals surface area contributed by atoms with E-state index in [0.29, 0.717) is 10.6 Å². The van der Waals surface area contributed by atoms with Crippen molar-refractivity contribution in [1.82, 2.24) is 5.32 Å². The van der Waals surface area contributed by atoms with Crippen molar-refractivity contribution in [2.75, 3.05) is 6.61 Å². The maximum atomic E-state index is 11.9. The van der Waals surface area contributed by atoms with Crippen molar-refractivity contribution < 1.29 is 19.4 Å². The predicted octanol–water partition coefficient (Wildman–Crippen LogP) is 3.39. The van der Waals surface area contributed by atoms with Gasteiger partial charge < -0.3 is 15.2 Å². The van der Waals surface area contributed by atoms with E-state index in [2.05, 4.69) is 5.32 Å². The summed E-state index contributed by atoms with van der Waals surface area (Å²) in [6.07, 6.45) is 0. The molecule has 0 saturated heterocycles. The van der Waals surface area contributed by atoms with Gasteiger partial charge in [0.05, 0.1) is 11.6 Å². The van der Waals surface area contributed by atoms with Crippen LogP contribution in [0.15, 0.2) is 42.5 Å². The zero-order valence-corrected chi connectivity index (χ0v) is 14.1. The van der Waals surface area contributed by atoms with E-state index in [1.165, 1.54) is 12.1 Å². The fourth-order valence-corrected chi connectivity index (χ4v) is 2.29. The van der Waals surface area contributed by atoms with Crippen LogP contribution in [0.4, 0.5) is 0 Å².